The van der Waals surface area contributed by atoms with Crippen molar-refractivity contribution in [2.45, 2.75) is 36.3 Å². The molecule has 2 rings (SSSR count). The van der Waals surface area contributed by atoms with Crippen LogP contribution in [0.2, 0.25) is 0 Å². The molecule has 1 fully saturated rings. The van der Waals surface area contributed by atoms with Crippen molar-refractivity contribution in [2.24, 2.45) is 5.16 Å². The number of aliphatic hydroxyl groups excluding tert-OH is 4. The predicted molar refractivity (Wildman–Crippen MR) is 89.7 cm³/mol. The van der Waals surface area contributed by atoms with Crippen LogP contribution in [0.5, 0.6) is 0 Å². The molecule has 5 atom stereocenters. The third kappa shape index (κ3) is 5.89. The maximum atomic E-state index is 10.7. The lowest BCUT2D eigenvalue weighted by Crippen LogP contribution is -2.57. The molecule has 10 nitrogen and oxygen atoms in total. The zero-order valence-corrected chi connectivity index (χ0v) is 14.9. The molecule has 4 N–H and O–H groups in total. The summed E-state index contributed by atoms with van der Waals surface area (Å²) in [4.78, 5) is 0. The summed E-state index contributed by atoms with van der Waals surface area (Å²) in [6.45, 7) is -0.612. The molecule has 26 heavy (non-hydrogen) atoms. The van der Waals surface area contributed by atoms with Gasteiger partial charge in [0.25, 0.3) is 10.4 Å². The Morgan fingerprint density at radius 1 is 1.19 bits per heavy atom. The number of nitrogens with zero attached hydrogens (tertiary/aromatic N) is 1. The van der Waals surface area contributed by atoms with E-state index < -0.39 is 46.9 Å². The number of thioether (sulfide) groups is 1. The van der Waals surface area contributed by atoms with E-state index >= 15 is 0 Å². The second-order valence-corrected chi connectivity index (χ2v) is 7.58. The van der Waals surface area contributed by atoms with E-state index in [0.29, 0.717) is 17.3 Å². The van der Waals surface area contributed by atoms with Crippen LogP contribution in [0.1, 0.15) is 5.56 Å². The average molecular weight is 408 g/mol. The molecule has 0 saturated carbocycles. The van der Waals surface area contributed by atoms with Crippen molar-refractivity contribution in [1.29, 1.82) is 0 Å². The Hall–Kier alpha value is -1.25. The summed E-state index contributed by atoms with van der Waals surface area (Å²) in [5.74, 6) is 0. The van der Waals surface area contributed by atoms with Gasteiger partial charge in [-0.1, -0.05) is 47.2 Å². The molecule has 0 bridgehead atoms. The number of benzene rings is 1. The molecule has 0 aromatic heterocycles. The van der Waals surface area contributed by atoms with Gasteiger partial charge in [0.15, 0.2) is 0 Å². The van der Waals surface area contributed by atoms with Crippen LogP contribution in [-0.2, 0) is 25.8 Å². The molecule has 146 valence electrons. The standard InChI is InChI=1S/C14H19NO9S2/c16-7-9-11(17)12(18)13(19)14(23-9)25-10(15-24-26(20,21)22)6-8-4-2-1-3-5-8/h1-5,9,11-14,16-19H,6-7H2,(H,20,21,22)/p-1/b15-10+/t9-,11-,12+,13-,14+/m1/s1. The third-order valence-electron chi connectivity index (χ3n) is 3.53. The van der Waals surface area contributed by atoms with Gasteiger partial charge in [0.2, 0.25) is 0 Å². The Morgan fingerprint density at radius 3 is 2.42 bits per heavy atom. The van der Waals surface area contributed by atoms with E-state index in [0.717, 1.165) is 0 Å². The lowest BCUT2D eigenvalue weighted by atomic mass is 10.0. The van der Waals surface area contributed by atoms with Gasteiger partial charge in [-0.15, -0.1) is 0 Å². The Balaban J connectivity index is 2.19. The van der Waals surface area contributed by atoms with E-state index in [1.807, 2.05) is 0 Å². The maximum absolute atomic E-state index is 10.7. The molecule has 1 heterocycles. The molecule has 1 aliphatic rings. The molecule has 1 aromatic rings. The van der Waals surface area contributed by atoms with Crippen LogP contribution in [0, 0.1) is 0 Å². The molecule has 0 spiro atoms. The molecular weight excluding hydrogens is 390 g/mol. The first-order valence-corrected chi connectivity index (χ1v) is 9.65. The monoisotopic (exact) mass is 408 g/mol. The normalized spacial score (nSPS) is 30.2. The minimum Gasteiger partial charge on any atom is -0.714 e. The van der Waals surface area contributed by atoms with Crippen LogP contribution in [0.25, 0.3) is 0 Å². The summed E-state index contributed by atoms with van der Waals surface area (Å²) >= 11 is 0.701. The van der Waals surface area contributed by atoms with Crippen molar-refractivity contribution in [1.82, 2.24) is 0 Å². The molecule has 0 aliphatic carbocycles. The highest BCUT2D eigenvalue weighted by Crippen LogP contribution is 2.30. The third-order valence-corrected chi connectivity index (χ3v) is 4.90. The number of aliphatic hydroxyl groups is 4. The van der Waals surface area contributed by atoms with Crippen LogP contribution >= 0.6 is 11.8 Å². The van der Waals surface area contributed by atoms with Crippen LogP contribution in [0.4, 0.5) is 0 Å². The number of rotatable bonds is 6. The summed E-state index contributed by atoms with van der Waals surface area (Å²) in [5, 5.41) is 42.1. The van der Waals surface area contributed by atoms with Crippen molar-refractivity contribution in [3.63, 3.8) is 0 Å². The van der Waals surface area contributed by atoms with Crippen molar-refractivity contribution < 1.29 is 42.4 Å². The van der Waals surface area contributed by atoms with E-state index in [4.69, 9.17) is 4.74 Å². The smallest absolute Gasteiger partial charge is 0.284 e. The second kappa shape index (κ2) is 9.10. The Kier molecular flexibility index (Phi) is 7.37. The van der Waals surface area contributed by atoms with Gasteiger partial charge in [-0.05, 0) is 5.56 Å². The largest absolute Gasteiger partial charge is 0.714 e. The van der Waals surface area contributed by atoms with Crippen LogP contribution in [-0.4, -0.2) is 74.9 Å². The van der Waals surface area contributed by atoms with Gasteiger partial charge in [0, 0.05) is 6.42 Å². The topological polar surface area (TPSA) is 169 Å². The lowest BCUT2D eigenvalue weighted by molar-refractivity contribution is -0.205. The molecule has 1 saturated heterocycles. The highest BCUT2D eigenvalue weighted by atomic mass is 32.3. The highest BCUT2D eigenvalue weighted by Gasteiger charge is 2.44. The average Bonchev–Trinajstić information content (AvgIpc) is 2.60. The first-order valence-electron chi connectivity index (χ1n) is 7.43. The predicted octanol–water partition coefficient (Wildman–Crippen LogP) is -1.45. The van der Waals surface area contributed by atoms with Crippen LogP contribution < -0.4 is 0 Å². The fourth-order valence-corrected chi connectivity index (χ4v) is 3.58. The van der Waals surface area contributed by atoms with Gasteiger partial charge in [-0.2, -0.15) is 8.42 Å². The molecule has 0 unspecified atom stereocenters. The number of oxime groups is 1. The van der Waals surface area contributed by atoms with Crippen molar-refractivity contribution in [2.75, 3.05) is 6.61 Å². The molecule has 12 heteroatoms. The molecule has 1 aromatic carbocycles. The van der Waals surface area contributed by atoms with E-state index in [1.54, 1.807) is 30.3 Å². The SMILES string of the molecule is O=S(=O)([O-])O/N=C(\Cc1ccccc1)S[C@@H]1O[C@H](CO)[C@@H](O)[C@H](O)[C@H]1O. The Morgan fingerprint density at radius 2 is 1.85 bits per heavy atom. The summed E-state index contributed by atoms with van der Waals surface area (Å²) in [6, 6.07) is 8.67. The summed E-state index contributed by atoms with van der Waals surface area (Å²) < 4.78 is 41.2. The van der Waals surface area contributed by atoms with Gasteiger partial charge in [0.05, 0.1) is 6.61 Å². The Bertz CT molecular complexity index is 710. The first-order chi connectivity index (χ1) is 12.2. The van der Waals surface area contributed by atoms with E-state index in [2.05, 4.69) is 9.44 Å². The molecule has 0 radical (unpaired) electrons. The van der Waals surface area contributed by atoms with Crippen molar-refractivity contribution >= 4 is 27.2 Å². The van der Waals surface area contributed by atoms with E-state index in [-0.39, 0.29) is 11.5 Å². The fourth-order valence-electron chi connectivity index (χ4n) is 2.25. The summed E-state index contributed by atoms with van der Waals surface area (Å²) in [6.07, 6.45) is -5.76. The maximum Gasteiger partial charge on any atom is 0.284 e. The summed E-state index contributed by atoms with van der Waals surface area (Å²) in [5.41, 5.74) is -0.485. The van der Waals surface area contributed by atoms with Crippen molar-refractivity contribution in [3.8, 4) is 0 Å². The lowest BCUT2D eigenvalue weighted by Gasteiger charge is -2.39. The van der Waals surface area contributed by atoms with Gasteiger partial charge >= 0.3 is 0 Å². The Labute approximate surface area is 154 Å². The molecular formula is C14H18NO9S2-. The zero-order chi connectivity index (χ0) is 19.3. The quantitative estimate of drug-likeness (QED) is 0.144. The van der Waals surface area contributed by atoms with Gasteiger partial charge in [0.1, 0.15) is 34.9 Å². The number of hydrogen-bond acceptors (Lipinski definition) is 11. The minimum absolute atomic E-state index is 0.0278. The number of ether oxygens (including phenoxy) is 1. The first kappa shape index (κ1) is 21.1. The van der Waals surface area contributed by atoms with Crippen LogP contribution in [0.3, 0.4) is 0 Å². The fraction of sp³-hybridized carbons (Fsp3) is 0.500. The van der Waals surface area contributed by atoms with Gasteiger partial charge in [-0.3, -0.25) is 4.28 Å². The molecule has 0 amide bonds. The van der Waals surface area contributed by atoms with Gasteiger partial charge < -0.3 is 29.7 Å². The zero-order valence-electron chi connectivity index (χ0n) is 13.3. The van der Waals surface area contributed by atoms with E-state index in [1.165, 1.54) is 0 Å². The van der Waals surface area contributed by atoms with E-state index in [9.17, 15) is 33.4 Å². The minimum atomic E-state index is -5.08. The number of hydrogen-bond donors (Lipinski definition) is 4. The second-order valence-electron chi connectivity index (χ2n) is 5.45. The molecule has 1 aliphatic heterocycles. The van der Waals surface area contributed by atoms with Gasteiger partial charge in [-0.25, -0.2) is 0 Å². The van der Waals surface area contributed by atoms with Crippen molar-refractivity contribution in [3.05, 3.63) is 35.9 Å². The summed E-state index contributed by atoms with van der Waals surface area (Å²) in [7, 11) is -5.08. The van der Waals surface area contributed by atoms with Crippen LogP contribution in [0.15, 0.2) is 35.5 Å². The highest BCUT2D eigenvalue weighted by molar-refractivity contribution is 8.14.